The van der Waals surface area contributed by atoms with E-state index in [9.17, 15) is 14.0 Å². The van der Waals surface area contributed by atoms with Crippen molar-refractivity contribution in [1.29, 1.82) is 0 Å². The highest BCUT2D eigenvalue weighted by Gasteiger charge is 2.34. The zero-order valence-electron chi connectivity index (χ0n) is 17.4. The Balaban J connectivity index is 1.86. The monoisotopic (exact) mass is 431 g/mol. The van der Waals surface area contributed by atoms with Crippen LogP contribution in [0.4, 0.5) is 4.39 Å². The van der Waals surface area contributed by atoms with Crippen LogP contribution in [-0.4, -0.2) is 54.2 Å². The van der Waals surface area contributed by atoms with Gasteiger partial charge in [-0.3, -0.25) is 9.59 Å². The molecule has 3 rings (SSSR count). The number of nitrogens with zero attached hydrogens (tertiary/aromatic N) is 3. The van der Waals surface area contributed by atoms with Crippen molar-refractivity contribution in [3.05, 3.63) is 58.0 Å². The van der Waals surface area contributed by atoms with Gasteiger partial charge in [0.1, 0.15) is 12.4 Å². The third-order valence-electron chi connectivity index (χ3n) is 4.92. The van der Waals surface area contributed by atoms with Gasteiger partial charge in [0, 0.05) is 26.0 Å². The number of rotatable bonds is 8. The van der Waals surface area contributed by atoms with Gasteiger partial charge in [-0.1, -0.05) is 32.0 Å². The lowest BCUT2D eigenvalue weighted by Crippen LogP contribution is -2.44. The standard InChI is InChI=1S/C22H26FN3O3S/c1-15(2)22(28)25(10-11-29-3)14-21(27)26-19(16-6-8-17(23)9-7-16)13-18(24-26)20-5-4-12-30-20/h4-9,12,15,19H,10-11,13-14H2,1-3H3/t19-/m0/s1. The van der Waals surface area contributed by atoms with Crippen LogP contribution in [0, 0.1) is 11.7 Å². The van der Waals surface area contributed by atoms with Crippen LogP contribution >= 0.6 is 11.3 Å². The Labute approximate surface area is 179 Å². The third kappa shape index (κ3) is 5.12. The second-order valence-electron chi connectivity index (χ2n) is 7.44. The first kappa shape index (κ1) is 22.1. The molecule has 0 saturated heterocycles. The zero-order valence-corrected chi connectivity index (χ0v) is 18.2. The van der Waals surface area contributed by atoms with E-state index in [1.54, 1.807) is 44.4 Å². The van der Waals surface area contributed by atoms with Gasteiger partial charge in [-0.25, -0.2) is 9.40 Å². The molecule has 0 aliphatic carbocycles. The Hall–Kier alpha value is -2.58. The van der Waals surface area contributed by atoms with Crippen LogP contribution in [0.25, 0.3) is 0 Å². The van der Waals surface area contributed by atoms with E-state index in [1.165, 1.54) is 22.0 Å². The van der Waals surface area contributed by atoms with Crippen LogP contribution in [-0.2, 0) is 14.3 Å². The number of methoxy groups -OCH3 is 1. The van der Waals surface area contributed by atoms with Gasteiger partial charge in [0.05, 0.1) is 23.2 Å². The quantitative estimate of drug-likeness (QED) is 0.640. The summed E-state index contributed by atoms with van der Waals surface area (Å²) in [6.07, 6.45) is 0.536. The molecule has 1 atom stereocenters. The fourth-order valence-electron chi connectivity index (χ4n) is 3.35. The summed E-state index contributed by atoms with van der Waals surface area (Å²) in [6, 6.07) is 9.68. The Kier molecular flexibility index (Phi) is 7.33. The molecular weight excluding hydrogens is 405 g/mol. The van der Waals surface area contributed by atoms with Crippen LogP contribution in [0.1, 0.15) is 36.8 Å². The van der Waals surface area contributed by atoms with Crippen molar-refractivity contribution in [3.8, 4) is 0 Å². The molecule has 1 aliphatic rings. The average molecular weight is 432 g/mol. The molecule has 0 N–H and O–H groups in total. The largest absolute Gasteiger partial charge is 0.383 e. The number of hydrazone groups is 1. The lowest BCUT2D eigenvalue weighted by Gasteiger charge is -2.28. The minimum Gasteiger partial charge on any atom is -0.383 e. The maximum absolute atomic E-state index is 13.4. The number of ether oxygens (including phenoxy) is 1. The van der Waals surface area contributed by atoms with E-state index in [0.717, 1.165) is 16.2 Å². The van der Waals surface area contributed by atoms with E-state index < -0.39 is 0 Å². The molecule has 2 heterocycles. The van der Waals surface area contributed by atoms with Gasteiger partial charge in [-0.2, -0.15) is 5.10 Å². The number of hydrogen-bond donors (Lipinski definition) is 0. The van der Waals surface area contributed by atoms with Crippen molar-refractivity contribution in [2.75, 3.05) is 26.8 Å². The summed E-state index contributed by atoms with van der Waals surface area (Å²) in [6.45, 7) is 4.19. The number of carbonyl (C=O) groups is 2. The van der Waals surface area contributed by atoms with Crippen molar-refractivity contribution < 1.29 is 18.7 Å². The molecule has 0 spiro atoms. The molecule has 160 valence electrons. The van der Waals surface area contributed by atoms with E-state index in [-0.39, 0.29) is 36.1 Å². The summed E-state index contributed by atoms with van der Waals surface area (Å²) in [7, 11) is 1.56. The van der Waals surface area contributed by atoms with Gasteiger partial charge in [0.25, 0.3) is 5.91 Å². The molecule has 30 heavy (non-hydrogen) atoms. The first-order valence-electron chi connectivity index (χ1n) is 9.87. The molecule has 8 heteroatoms. The molecule has 1 aromatic carbocycles. The smallest absolute Gasteiger partial charge is 0.262 e. The summed E-state index contributed by atoms with van der Waals surface area (Å²) < 4.78 is 18.5. The van der Waals surface area contributed by atoms with Crippen LogP contribution in [0.15, 0.2) is 46.9 Å². The summed E-state index contributed by atoms with van der Waals surface area (Å²) in [5, 5.41) is 8.00. The highest BCUT2D eigenvalue weighted by atomic mass is 32.1. The lowest BCUT2D eigenvalue weighted by atomic mass is 10.0. The van der Waals surface area contributed by atoms with Crippen LogP contribution < -0.4 is 0 Å². The van der Waals surface area contributed by atoms with Gasteiger partial charge in [0.15, 0.2) is 0 Å². The van der Waals surface area contributed by atoms with Crippen LogP contribution in [0.5, 0.6) is 0 Å². The van der Waals surface area contributed by atoms with Crippen LogP contribution in [0.2, 0.25) is 0 Å². The van der Waals surface area contributed by atoms with Crippen molar-refractivity contribution >= 4 is 28.9 Å². The number of halogens is 1. The van der Waals surface area contributed by atoms with Gasteiger partial charge in [-0.05, 0) is 29.1 Å². The predicted molar refractivity (Wildman–Crippen MR) is 115 cm³/mol. The van der Waals surface area contributed by atoms with Gasteiger partial charge in [0.2, 0.25) is 5.91 Å². The number of amides is 2. The molecule has 0 bridgehead atoms. The van der Waals surface area contributed by atoms with Gasteiger partial charge < -0.3 is 9.64 Å². The minimum absolute atomic E-state index is 0.0840. The highest BCUT2D eigenvalue weighted by Crippen LogP contribution is 2.34. The van der Waals surface area contributed by atoms with E-state index in [1.807, 2.05) is 17.5 Å². The first-order valence-corrected chi connectivity index (χ1v) is 10.7. The molecule has 0 saturated carbocycles. The van der Waals surface area contributed by atoms with E-state index in [0.29, 0.717) is 19.6 Å². The Morgan fingerprint density at radius 2 is 2.03 bits per heavy atom. The van der Waals surface area contributed by atoms with E-state index >= 15 is 0 Å². The minimum atomic E-state index is -0.339. The van der Waals surface area contributed by atoms with Gasteiger partial charge in [-0.15, -0.1) is 11.3 Å². The van der Waals surface area contributed by atoms with E-state index in [2.05, 4.69) is 5.10 Å². The molecule has 2 aromatic rings. The first-order chi connectivity index (χ1) is 14.4. The highest BCUT2D eigenvalue weighted by molar-refractivity contribution is 7.12. The maximum Gasteiger partial charge on any atom is 0.262 e. The zero-order chi connectivity index (χ0) is 21.7. The normalized spacial score (nSPS) is 16.1. The molecule has 1 aromatic heterocycles. The lowest BCUT2D eigenvalue weighted by molar-refractivity contribution is -0.143. The Morgan fingerprint density at radius 3 is 2.63 bits per heavy atom. The fraction of sp³-hybridized carbons (Fsp3) is 0.409. The number of carbonyl (C=O) groups excluding carboxylic acids is 2. The molecular formula is C22H26FN3O3S. The van der Waals surface area contributed by atoms with Crippen LogP contribution in [0.3, 0.4) is 0 Å². The summed E-state index contributed by atoms with van der Waals surface area (Å²) >= 11 is 1.56. The topological polar surface area (TPSA) is 62.2 Å². The Bertz CT molecular complexity index is 897. The SMILES string of the molecule is COCCN(CC(=O)N1N=C(c2cccs2)C[C@H]1c1ccc(F)cc1)C(=O)C(C)C. The maximum atomic E-state index is 13.4. The second-order valence-corrected chi connectivity index (χ2v) is 8.39. The molecule has 0 radical (unpaired) electrons. The number of hydrogen-bond acceptors (Lipinski definition) is 5. The molecule has 0 fully saturated rings. The number of benzene rings is 1. The number of thiophene rings is 1. The molecule has 6 nitrogen and oxygen atoms in total. The summed E-state index contributed by atoms with van der Waals surface area (Å²) in [4.78, 5) is 28.3. The van der Waals surface area contributed by atoms with Crippen molar-refractivity contribution in [2.45, 2.75) is 26.3 Å². The second kappa shape index (κ2) is 9.95. The van der Waals surface area contributed by atoms with Gasteiger partial charge >= 0.3 is 0 Å². The third-order valence-corrected chi connectivity index (χ3v) is 5.84. The fourth-order valence-corrected chi connectivity index (χ4v) is 4.07. The van der Waals surface area contributed by atoms with Crippen molar-refractivity contribution in [1.82, 2.24) is 9.91 Å². The molecule has 1 aliphatic heterocycles. The summed E-state index contributed by atoms with van der Waals surface area (Å²) in [5.41, 5.74) is 1.62. The summed E-state index contributed by atoms with van der Waals surface area (Å²) in [5.74, 6) is -0.949. The average Bonchev–Trinajstić information content (AvgIpc) is 3.40. The Morgan fingerprint density at radius 1 is 1.30 bits per heavy atom. The van der Waals surface area contributed by atoms with E-state index in [4.69, 9.17) is 4.74 Å². The van der Waals surface area contributed by atoms with Crippen molar-refractivity contribution in [3.63, 3.8) is 0 Å². The molecule has 2 amide bonds. The predicted octanol–water partition coefficient (Wildman–Crippen LogP) is 3.70. The molecule has 0 unspecified atom stereocenters. The van der Waals surface area contributed by atoms with Crippen molar-refractivity contribution in [2.24, 2.45) is 11.0 Å².